The average molecular weight is 316 g/mol. The average Bonchev–Trinajstić information content (AvgIpc) is 2.55. The van der Waals surface area contributed by atoms with E-state index in [1.807, 2.05) is 0 Å². The van der Waals surface area contributed by atoms with Gasteiger partial charge in [0.1, 0.15) is 0 Å². The molecule has 118 valence electrons. The highest BCUT2D eigenvalue weighted by molar-refractivity contribution is 5.88. The van der Waals surface area contributed by atoms with Gasteiger partial charge in [0.15, 0.2) is 17.6 Å². The van der Waals surface area contributed by atoms with Crippen molar-refractivity contribution in [2.75, 3.05) is 0 Å². The van der Waals surface area contributed by atoms with Gasteiger partial charge in [-0.05, 0) is 29.8 Å². The normalized spacial score (nSPS) is 15.7. The summed E-state index contributed by atoms with van der Waals surface area (Å²) in [4.78, 5) is 11.0. The Bertz CT molecular complexity index is 839. The molecule has 23 heavy (non-hydrogen) atoms. The molecule has 0 bridgehead atoms. The minimum absolute atomic E-state index is 0.0338. The monoisotopic (exact) mass is 316 g/mol. The lowest BCUT2D eigenvalue weighted by Gasteiger charge is -2.24. The third-order valence-electron chi connectivity index (χ3n) is 3.62. The zero-order valence-electron chi connectivity index (χ0n) is 11.6. The largest absolute Gasteiger partial charge is 0.504 e. The second-order valence-electron chi connectivity index (χ2n) is 5.00. The van der Waals surface area contributed by atoms with Gasteiger partial charge in [-0.25, -0.2) is 4.79 Å². The Hall–Kier alpha value is -3.35. The first-order chi connectivity index (χ1) is 10.9. The Balaban J connectivity index is 2.15. The molecule has 5 N–H and O–H groups in total. The van der Waals surface area contributed by atoms with E-state index in [2.05, 4.69) is 0 Å². The zero-order valence-corrected chi connectivity index (χ0v) is 11.6. The van der Waals surface area contributed by atoms with Gasteiger partial charge in [-0.3, -0.25) is 0 Å². The highest BCUT2D eigenvalue weighted by Crippen LogP contribution is 2.48. The Labute approximate surface area is 129 Å². The summed E-state index contributed by atoms with van der Waals surface area (Å²) in [6, 6.07) is 5.42. The molecular formula is C16H12O7. The Morgan fingerprint density at radius 1 is 0.957 bits per heavy atom. The number of phenols is 4. The molecule has 1 heterocycles. The summed E-state index contributed by atoms with van der Waals surface area (Å²) in [5.41, 5.74) is 1.23. The molecule has 2 aromatic carbocycles. The molecular weight excluding hydrogens is 304 g/mol. The van der Waals surface area contributed by atoms with Gasteiger partial charge in [-0.1, -0.05) is 6.07 Å². The molecule has 0 aliphatic carbocycles. The lowest BCUT2D eigenvalue weighted by molar-refractivity contribution is 0.0696. The number of rotatable bonds is 2. The minimum Gasteiger partial charge on any atom is -0.504 e. The highest BCUT2D eigenvalue weighted by Gasteiger charge is 2.28. The van der Waals surface area contributed by atoms with Gasteiger partial charge < -0.3 is 30.3 Å². The number of aromatic carboxylic acids is 1. The molecule has 1 unspecified atom stereocenters. The first-order valence-corrected chi connectivity index (χ1v) is 6.56. The fourth-order valence-electron chi connectivity index (χ4n) is 2.45. The van der Waals surface area contributed by atoms with E-state index < -0.39 is 35.1 Å². The maximum atomic E-state index is 11.0. The third kappa shape index (κ3) is 2.28. The van der Waals surface area contributed by atoms with Crippen LogP contribution in [0.25, 0.3) is 6.08 Å². The number of fused-ring (bicyclic) bond motifs is 1. The molecule has 2 aromatic rings. The van der Waals surface area contributed by atoms with Gasteiger partial charge in [0, 0.05) is 11.1 Å². The number of carbonyl (C=O) groups is 1. The summed E-state index contributed by atoms with van der Waals surface area (Å²) >= 11 is 0. The molecule has 3 rings (SSSR count). The van der Waals surface area contributed by atoms with E-state index in [4.69, 9.17) is 9.84 Å². The smallest absolute Gasteiger partial charge is 0.335 e. The minimum atomic E-state index is -1.08. The molecule has 7 nitrogen and oxygen atoms in total. The number of hydrogen-bond donors (Lipinski definition) is 5. The van der Waals surface area contributed by atoms with Crippen molar-refractivity contribution in [1.82, 2.24) is 0 Å². The van der Waals surface area contributed by atoms with E-state index in [-0.39, 0.29) is 11.1 Å². The Morgan fingerprint density at radius 2 is 1.70 bits per heavy atom. The van der Waals surface area contributed by atoms with Crippen LogP contribution < -0.4 is 0 Å². The molecule has 0 radical (unpaired) electrons. The van der Waals surface area contributed by atoms with Crippen LogP contribution in [-0.4, -0.2) is 31.5 Å². The van der Waals surface area contributed by atoms with E-state index in [0.29, 0.717) is 11.1 Å². The van der Waals surface area contributed by atoms with Crippen LogP contribution in [0, 0.1) is 0 Å². The summed E-state index contributed by atoms with van der Waals surface area (Å²) in [5, 5.41) is 47.7. The maximum Gasteiger partial charge on any atom is 0.335 e. The number of carboxylic acid groups (broad SMARTS) is 1. The predicted octanol–water partition coefficient (Wildman–Crippen LogP) is 2.30. The fourth-order valence-corrected chi connectivity index (χ4v) is 2.45. The quantitative estimate of drug-likeness (QED) is 0.425. The van der Waals surface area contributed by atoms with E-state index in [1.165, 1.54) is 24.5 Å². The summed E-state index contributed by atoms with van der Waals surface area (Å²) in [6.07, 6.45) is 2.00. The zero-order chi connectivity index (χ0) is 16.7. The number of carboxylic acids is 1. The second kappa shape index (κ2) is 5.13. The van der Waals surface area contributed by atoms with Crippen molar-refractivity contribution in [2.24, 2.45) is 0 Å². The highest BCUT2D eigenvalue weighted by atomic mass is 16.5. The molecule has 0 saturated heterocycles. The van der Waals surface area contributed by atoms with Crippen LogP contribution in [0.3, 0.4) is 0 Å². The number of ether oxygens (including phenoxy) is 1. The topological polar surface area (TPSA) is 127 Å². The molecule has 0 aromatic heterocycles. The van der Waals surface area contributed by atoms with Crippen molar-refractivity contribution in [3.8, 4) is 23.0 Å². The van der Waals surface area contributed by atoms with Crippen LogP contribution in [0.2, 0.25) is 0 Å². The summed E-state index contributed by atoms with van der Waals surface area (Å²) in [5.74, 6) is -4.01. The second-order valence-corrected chi connectivity index (χ2v) is 5.00. The van der Waals surface area contributed by atoms with Crippen molar-refractivity contribution in [2.45, 2.75) is 6.10 Å². The van der Waals surface area contributed by atoms with Gasteiger partial charge in [0.2, 0.25) is 11.5 Å². The molecule has 0 saturated carbocycles. The molecule has 0 amide bonds. The molecule has 0 fully saturated rings. The van der Waals surface area contributed by atoms with Gasteiger partial charge >= 0.3 is 5.97 Å². The van der Waals surface area contributed by atoms with Gasteiger partial charge in [-0.2, -0.15) is 0 Å². The lowest BCUT2D eigenvalue weighted by Crippen LogP contribution is -2.10. The van der Waals surface area contributed by atoms with Gasteiger partial charge in [0.25, 0.3) is 0 Å². The summed E-state index contributed by atoms with van der Waals surface area (Å²) in [6.45, 7) is 0. The SMILES string of the molecule is O=C(O)c1ccc2c(c1)C=COC2c1cc(O)c(O)c(O)c1O. The molecule has 1 aliphatic heterocycles. The standard InChI is InChI=1S/C16H12O7/c17-11-6-10(12(18)14(20)13(11)19)15-9-2-1-8(16(21)22)5-7(9)3-4-23-15/h1-6,15,17-20H,(H,21,22). The first kappa shape index (κ1) is 14.6. The predicted molar refractivity (Wildman–Crippen MR) is 78.5 cm³/mol. The maximum absolute atomic E-state index is 11.0. The van der Waals surface area contributed by atoms with Crippen LogP contribution in [0.15, 0.2) is 30.5 Å². The van der Waals surface area contributed by atoms with Crippen molar-refractivity contribution >= 4 is 12.0 Å². The van der Waals surface area contributed by atoms with E-state index in [1.54, 1.807) is 6.08 Å². The summed E-state index contributed by atoms with van der Waals surface area (Å²) < 4.78 is 5.43. The van der Waals surface area contributed by atoms with Crippen LogP contribution in [0.5, 0.6) is 23.0 Å². The number of hydrogen-bond acceptors (Lipinski definition) is 6. The van der Waals surface area contributed by atoms with E-state index in [9.17, 15) is 25.2 Å². The van der Waals surface area contributed by atoms with Crippen molar-refractivity contribution in [3.05, 3.63) is 52.8 Å². The van der Waals surface area contributed by atoms with Gasteiger partial charge in [-0.15, -0.1) is 0 Å². The molecule has 7 heteroatoms. The fraction of sp³-hybridized carbons (Fsp3) is 0.0625. The van der Waals surface area contributed by atoms with Crippen LogP contribution in [-0.2, 0) is 4.74 Å². The Morgan fingerprint density at radius 3 is 2.39 bits per heavy atom. The van der Waals surface area contributed by atoms with E-state index >= 15 is 0 Å². The molecule has 1 atom stereocenters. The molecule has 1 aliphatic rings. The van der Waals surface area contributed by atoms with Crippen LogP contribution in [0.4, 0.5) is 0 Å². The van der Waals surface area contributed by atoms with E-state index in [0.717, 1.165) is 6.07 Å². The first-order valence-electron chi connectivity index (χ1n) is 6.56. The van der Waals surface area contributed by atoms with Crippen molar-refractivity contribution in [1.29, 1.82) is 0 Å². The summed E-state index contributed by atoms with van der Waals surface area (Å²) in [7, 11) is 0. The number of benzene rings is 2. The van der Waals surface area contributed by atoms with Crippen molar-refractivity contribution in [3.63, 3.8) is 0 Å². The number of phenolic OH excluding ortho intramolecular Hbond substituents is 4. The Kier molecular flexibility index (Phi) is 3.25. The third-order valence-corrected chi connectivity index (χ3v) is 3.62. The number of aromatic hydroxyl groups is 4. The lowest BCUT2D eigenvalue weighted by atomic mass is 9.92. The molecule has 0 spiro atoms. The van der Waals surface area contributed by atoms with Gasteiger partial charge in [0.05, 0.1) is 11.8 Å². The van der Waals surface area contributed by atoms with Crippen LogP contribution >= 0.6 is 0 Å². The van der Waals surface area contributed by atoms with Crippen LogP contribution in [0.1, 0.15) is 33.2 Å². The van der Waals surface area contributed by atoms with Crippen molar-refractivity contribution < 1.29 is 35.1 Å².